The fourth-order valence-corrected chi connectivity index (χ4v) is 2.18. The van der Waals surface area contributed by atoms with Gasteiger partial charge in [0.2, 0.25) is 0 Å². The summed E-state index contributed by atoms with van der Waals surface area (Å²) in [6, 6.07) is 14.4. The van der Waals surface area contributed by atoms with Crippen LogP contribution in [-0.4, -0.2) is 18.7 Å². The molecule has 0 aromatic heterocycles. The van der Waals surface area contributed by atoms with Gasteiger partial charge >= 0.3 is 0 Å². The van der Waals surface area contributed by atoms with Crippen LogP contribution < -0.4 is 10.2 Å². The number of benzene rings is 2. The second kappa shape index (κ2) is 7.61. The number of nitrogens with zero attached hydrogens (tertiary/aromatic N) is 1. The molecule has 1 N–H and O–H groups in total. The van der Waals surface area contributed by atoms with Crippen LogP contribution in [0.25, 0.3) is 0 Å². The topological polar surface area (TPSA) is 50.7 Å². The molecule has 0 bridgehead atoms. The van der Waals surface area contributed by atoms with E-state index >= 15 is 0 Å². The minimum absolute atomic E-state index is 0.329. The fourth-order valence-electron chi connectivity index (χ4n) is 1.95. The van der Waals surface area contributed by atoms with Crippen LogP contribution in [0.2, 0.25) is 5.02 Å². The SMILES string of the molecule is CCC(=NNC(=O)c1ccccc1Cl)c1ccc(OC)cc1. The van der Waals surface area contributed by atoms with Crippen molar-refractivity contribution in [2.75, 3.05) is 7.11 Å². The third-order valence-electron chi connectivity index (χ3n) is 3.17. The Morgan fingerprint density at radius 2 is 1.86 bits per heavy atom. The van der Waals surface area contributed by atoms with Gasteiger partial charge in [-0.2, -0.15) is 5.10 Å². The number of amides is 1. The molecular formula is C17H17ClN2O2. The molecule has 0 atom stereocenters. The maximum atomic E-state index is 12.1. The van der Waals surface area contributed by atoms with Crippen molar-refractivity contribution in [3.8, 4) is 5.75 Å². The summed E-state index contributed by atoms with van der Waals surface area (Å²) in [5, 5.41) is 4.60. The molecule has 22 heavy (non-hydrogen) atoms. The Balaban J connectivity index is 2.15. The van der Waals surface area contributed by atoms with Crippen molar-refractivity contribution in [1.82, 2.24) is 5.43 Å². The molecule has 0 radical (unpaired) electrons. The average molecular weight is 317 g/mol. The molecule has 0 fully saturated rings. The lowest BCUT2D eigenvalue weighted by molar-refractivity contribution is 0.0955. The smallest absolute Gasteiger partial charge is 0.272 e. The zero-order valence-electron chi connectivity index (χ0n) is 12.5. The van der Waals surface area contributed by atoms with Crippen molar-refractivity contribution in [1.29, 1.82) is 0 Å². The highest BCUT2D eigenvalue weighted by Crippen LogP contribution is 2.15. The van der Waals surface area contributed by atoms with Gasteiger partial charge in [-0.15, -0.1) is 0 Å². The van der Waals surface area contributed by atoms with Crippen LogP contribution in [0.15, 0.2) is 53.6 Å². The van der Waals surface area contributed by atoms with Crippen LogP contribution in [0, 0.1) is 0 Å². The molecular weight excluding hydrogens is 300 g/mol. The molecule has 4 nitrogen and oxygen atoms in total. The first-order chi connectivity index (χ1) is 10.7. The van der Waals surface area contributed by atoms with Crippen molar-refractivity contribution < 1.29 is 9.53 Å². The average Bonchev–Trinajstić information content (AvgIpc) is 2.56. The van der Waals surface area contributed by atoms with Crippen LogP contribution in [0.4, 0.5) is 0 Å². The lowest BCUT2D eigenvalue weighted by Crippen LogP contribution is -2.20. The third-order valence-corrected chi connectivity index (χ3v) is 3.50. The zero-order chi connectivity index (χ0) is 15.9. The van der Waals surface area contributed by atoms with Crippen molar-refractivity contribution in [2.24, 2.45) is 5.10 Å². The monoisotopic (exact) mass is 316 g/mol. The summed E-state index contributed by atoms with van der Waals surface area (Å²) >= 11 is 6.00. The van der Waals surface area contributed by atoms with Crippen molar-refractivity contribution in [3.63, 3.8) is 0 Å². The molecule has 5 heteroatoms. The highest BCUT2D eigenvalue weighted by molar-refractivity contribution is 6.33. The Morgan fingerprint density at radius 3 is 2.45 bits per heavy atom. The molecule has 114 valence electrons. The number of carbonyl (C=O) groups excluding carboxylic acids is 1. The van der Waals surface area contributed by atoms with E-state index in [2.05, 4.69) is 10.5 Å². The van der Waals surface area contributed by atoms with Gasteiger partial charge in [0.25, 0.3) is 5.91 Å². The quantitative estimate of drug-likeness (QED) is 0.672. The zero-order valence-corrected chi connectivity index (χ0v) is 13.2. The van der Waals surface area contributed by atoms with Gasteiger partial charge in [0, 0.05) is 0 Å². The number of nitrogens with one attached hydrogen (secondary N) is 1. The summed E-state index contributed by atoms with van der Waals surface area (Å²) in [5.41, 5.74) is 4.67. The largest absolute Gasteiger partial charge is 0.497 e. The first-order valence-corrected chi connectivity index (χ1v) is 7.29. The number of hydrogen-bond donors (Lipinski definition) is 1. The lowest BCUT2D eigenvalue weighted by atomic mass is 10.1. The summed E-state index contributed by atoms with van der Waals surface area (Å²) < 4.78 is 5.13. The van der Waals surface area contributed by atoms with Crippen LogP contribution >= 0.6 is 11.6 Å². The molecule has 0 saturated carbocycles. The van der Waals surface area contributed by atoms with Crippen LogP contribution in [-0.2, 0) is 0 Å². The summed E-state index contributed by atoms with van der Waals surface area (Å²) in [6.45, 7) is 1.98. The molecule has 0 heterocycles. The second-order valence-electron chi connectivity index (χ2n) is 4.56. The maximum absolute atomic E-state index is 12.1. The van der Waals surface area contributed by atoms with Crippen LogP contribution in [0.1, 0.15) is 29.3 Å². The molecule has 0 aliphatic carbocycles. The molecule has 2 aromatic carbocycles. The number of hydrogen-bond acceptors (Lipinski definition) is 3. The Hall–Kier alpha value is -2.33. The maximum Gasteiger partial charge on any atom is 0.272 e. The Bertz CT molecular complexity index is 681. The molecule has 2 rings (SSSR count). The van der Waals surface area contributed by atoms with E-state index < -0.39 is 0 Å². The van der Waals surface area contributed by atoms with Gasteiger partial charge in [-0.05, 0) is 48.4 Å². The summed E-state index contributed by atoms with van der Waals surface area (Å²) in [7, 11) is 1.62. The predicted molar refractivity (Wildman–Crippen MR) is 88.7 cm³/mol. The second-order valence-corrected chi connectivity index (χ2v) is 4.97. The standard InChI is InChI=1S/C17H17ClN2O2/c1-3-16(12-8-10-13(22-2)11-9-12)19-20-17(21)14-6-4-5-7-15(14)18/h4-11H,3H2,1-2H3,(H,20,21). The summed E-state index contributed by atoms with van der Waals surface area (Å²) in [4.78, 5) is 12.1. The van der Waals surface area contributed by atoms with Crippen molar-refractivity contribution >= 4 is 23.2 Å². The van der Waals surface area contributed by atoms with Gasteiger partial charge in [-0.25, -0.2) is 5.43 Å². The van der Waals surface area contributed by atoms with Gasteiger partial charge < -0.3 is 4.74 Å². The van der Waals surface area contributed by atoms with Gasteiger partial charge in [-0.3, -0.25) is 4.79 Å². The summed E-state index contributed by atoms with van der Waals surface area (Å²) in [6.07, 6.45) is 0.690. The first kappa shape index (κ1) is 16.0. The van der Waals surface area contributed by atoms with Crippen LogP contribution in [0.3, 0.4) is 0 Å². The normalized spacial score (nSPS) is 11.1. The third kappa shape index (κ3) is 3.86. The molecule has 1 amide bonds. The van der Waals surface area contributed by atoms with Crippen LogP contribution in [0.5, 0.6) is 5.75 Å². The van der Waals surface area contributed by atoms with Gasteiger partial charge in [-0.1, -0.05) is 30.7 Å². The molecule has 0 aliphatic heterocycles. The van der Waals surface area contributed by atoms with E-state index in [1.165, 1.54) is 0 Å². The van der Waals surface area contributed by atoms with E-state index in [0.29, 0.717) is 17.0 Å². The number of ether oxygens (including phenoxy) is 1. The van der Waals surface area contributed by atoms with Gasteiger partial charge in [0.15, 0.2) is 0 Å². The van der Waals surface area contributed by atoms with E-state index in [1.54, 1.807) is 31.4 Å². The Morgan fingerprint density at radius 1 is 1.18 bits per heavy atom. The van der Waals surface area contributed by atoms with E-state index in [-0.39, 0.29) is 5.91 Å². The van der Waals surface area contributed by atoms with Gasteiger partial charge in [0.05, 0.1) is 23.4 Å². The predicted octanol–water partition coefficient (Wildman–Crippen LogP) is 3.89. The van der Waals surface area contributed by atoms with Crippen molar-refractivity contribution in [2.45, 2.75) is 13.3 Å². The minimum Gasteiger partial charge on any atom is -0.497 e. The molecule has 0 spiro atoms. The lowest BCUT2D eigenvalue weighted by Gasteiger charge is -2.07. The molecule has 0 unspecified atom stereocenters. The molecule has 0 aliphatic rings. The Labute approximate surface area is 134 Å². The Kier molecular flexibility index (Phi) is 5.55. The number of halogens is 1. The van der Waals surface area contributed by atoms with E-state index in [0.717, 1.165) is 17.0 Å². The number of hydrazone groups is 1. The highest BCUT2D eigenvalue weighted by Gasteiger charge is 2.09. The van der Waals surface area contributed by atoms with E-state index in [9.17, 15) is 4.79 Å². The molecule has 0 saturated heterocycles. The summed E-state index contributed by atoms with van der Waals surface area (Å²) in [5.74, 6) is 0.448. The first-order valence-electron chi connectivity index (χ1n) is 6.91. The fraction of sp³-hybridized carbons (Fsp3) is 0.176. The van der Waals surface area contributed by atoms with Gasteiger partial charge in [0.1, 0.15) is 5.75 Å². The number of carbonyl (C=O) groups is 1. The van der Waals surface area contributed by atoms with E-state index in [4.69, 9.17) is 16.3 Å². The number of rotatable bonds is 5. The highest BCUT2D eigenvalue weighted by atomic mass is 35.5. The van der Waals surface area contributed by atoms with E-state index in [1.807, 2.05) is 31.2 Å². The molecule has 2 aromatic rings. The number of methoxy groups -OCH3 is 1. The minimum atomic E-state index is -0.329. The van der Waals surface area contributed by atoms with Crippen molar-refractivity contribution in [3.05, 3.63) is 64.7 Å².